The van der Waals surface area contributed by atoms with Crippen molar-refractivity contribution in [3.05, 3.63) is 42.6 Å². The van der Waals surface area contributed by atoms with E-state index in [9.17, 15) is 0 Å². The number of aromatic nitrogens is 1. The summed E-state index contributed by atoms with van der Waals surface area (Å²) in [6.45, 7) is 0.353. The molecule has 2 aromatic heterocycles. The average molecular weight is 214 g/mol. The number of hydrogen-bond acceptors (Lipinski definition) is 4. The van der Waals surface area contributed by atoms with Gasteiger partial charge < -0.3 is 14.6 Å². The van der Waals surface area contributed by atoms with Crippen molar-refractivity contribution in [1.29, 1.82) is 0 Å². The lowest BCUT2D eigenvalue weighted by atomic mass is 10.1. The molecule has 0 aliphatic rings. The molecule has 4 heteroatoms. The molecule has 0 unspecified atom stereocenters. The Hall–Kier alpha value is -2.07. The third kappa shape index (κ3) is 1.24. The van der Waals surface area contributed by atoms with Crippen molar-refractivity contribution in [2.75, 3.05) is 0 Å². The van der Waals surface area contributed by atoms with E-state index in [0.717, 1.165) is 22.2 Å². The standard InChI is InChI=1S/C12H10N2O2/c13-5-10-12(16-7-14-10)9-6-15-11-4-2-1-3-8(9)11/h1-4,6-7H,5,13H2. The molecule has 3 rings (SSSR count). The fourth-order valence-corrected chi connectivity index (χ4v) is 1.79. The first-order valence-electron chi connectivity index (χ1n) is 4.99. The summed E-state index contributed by atoms with van der Waals surface area (Å²) in [6.07, 6.45) is 3.07. The summed E-state index contributed by atoms with van der Waals surface area (Å²) in [7, 11) is 0. The molecule has 0 aliphatic heterocycles. The molecule has 0 radical (unpaired) electrons. The summed E-state index contributed by atoms with van der Waals surface area (Å²) in [6, 6.07) is 7.79. The third-order valence-electron chi connectivity index (χ3n) is 2.56. The molecule has 0 atom stereocenters. The lowest BCUT2D eigenvalue weighted by Crippen LogP contribution is -1.97. The molecule has 0 amide bonds. The van der Waals surface area contributed by atoms with E-state index in [1.807, 2.05) is 24.3 Å². The first-order valence-corrected chi connectivity index (χ1v) is 4.99. The van der Waals surface area contributed by atoms with Gasteiger partial charge in [-0.05, 0) is 6.07 Å². The molecule has 0 fully saturated rings. The molecule has 0 saturated heterocycles. The van der Waals surface area contributed by atoms with E-state index in [-0.39, 0.29) is 0 Å². The summed E-state index contributed by atoms with van der Waals surface area (Å²) < 4.78 is 10.8. The number of furan rings is 1. The Morgan fingerprint density at radius 2 is 2.06 bits per heavy atom. The number of hydrogen-bond donors (Lipinski definition) is 1. The van der Waals surface area contributed by atoms with Crippen LogP contribution < -0.4 is 5.73 Å². The zero-order chi connectivity index (χ0) is 11.0. The first kappa shape index (κ1) is 9.18. The maximum Gasteiger partial charge on any atom is 0.181 e. The van der Waals surface area contributed by atoms with E-state index >= 15 is 0 Å². The summed E-state index contributed by atoms with van der Waals surface area (Å²) in [5, 5.41) is 1.01. The Balaban J connectivity index is 2.26. The van der Waals surface area contributed by atoms with E-state index < -0.39 is 0 Å². The van der Waals surface area contributed by atoms with Crippen molar-refractivity contribution in [3.63, 3.8) is 0 Å². The predicted octanol–water partition coefficient (Wildman–Crippen LogP) is 2.55. The highest BCUT2D eigenvalue weighted by Gasteiger charge is 2.14. The molecular formula is C12H10N2O2. The Kier molecular flexibility index (Phi) is 2.01. The van der Waals surface area contributed by atoms with Gasteiger partial charge in [-0.15, -0.1) is 0 Å². The van der Waals surface area contributed by atoms with E-state index in [1.165, 1.54) is 6.39 Å². The molecule has 0 saturated carbocycles. The van der Waals surface area contributed by atoms with Crippen LogP contribution in [0.5, 0.6) is 0 Å². The van der Waals surface area contributed by atoms with Crippen molar-refractivity contribution >= 4 is 11.0 Å². The van der Waals surface area contributed by atoms with Crippen LogP contribution in [0, 0.1) is 0 Å². The highest BCUT2D eigenvalue weighted by Crippen LogP contribution is 2.32. The number of nitrogens with two attached hydrogens (primary N) is 1. The SMILES string of the molecule is NCc1ncoc1-c1coc2ccccc12. The minimum atomic E-state index is 0.353. The van der Waals surface area contributed by atoms with Gasteiger partial charge in [0.1, 0.15) is 17.5 Å². The first-order chi connectivity index (χ1) is 7.90. The topological polar surface area (TPSA) is 65.2 Å². The second-order valence-corrected chi connectivity index (χ2v) is 3.48. The van der Waals surface area contributed by atoms with Crippen LogP contribution in [0.15, 0.2) is 45.8 Å². The lowest BCUT2D eigenvalue weighted by Gasteiger charge is -1.95. The molecule has 16 heavy (non-hydrogen) atoms. The van der Waals surface area contributed by atoms with Crippen molar-refractivity contribution in [2.45, 2.75) is 6.54 Å². The van der Waals surface area contributed by atoms with Crippen molar-refractivity contribution in [1.82, 2.24) is 4.98 Å². The van der Waals surface area contributed by atoms with E-state index in [4.69, 9.17) is 14.6 Å². The van der Waals surface area contributed by atoms with Crippen LogP contribution >= 0.6 is 0 Å². The molecule has 0 bridgehead atoms. The lowest BCUT2D eigenvalue weighted by molar-refractivity contribution is 0.567. The molecule has 0 aliphatic carbocycles. The van der Waals surface area contributed by atoms with Gasteiger partial charge in [0, 0.05) is 11.9 Å². The number of rotatable bonds is 2. The molecule has 0 spiro atoms. The smallest absolute Gasteiger partial charge is 0.181 e. The third-order valence-corrected chi connectivity index (χ3v) is 2.56. The van der Waals surface area contributed by atoms with E-state index in [2.05, 4.69) is 4.98 Å². The summed E-state index contributed by atoms with van der Waals surface area (Å²) in [5.41, 5.74) is 8.06. The molecule has 2 N–H and O–H groups in total. The average Bonchev–Trinajstić information content (AvgIpc) is 2.94. The Morgan fingerprint density at radius 3 is 2.94 bits per heavy atom. The highest BCUT2D eigenvalue weighted by atomic mass is 16.3. The van der Waals surface area contributed by atoms with Crippen LogP contribution in [-0.4, -0.2) is 4.98 Å². The molecule has 3 aromatic rings. The quantitative estimate of drug-likeness (QED) is 0.711. The molecule has 2 heterocycles. The fourth-order valence-electron chi connectivity index (χ4n) is 1.79. The van der Waals surface area contributed by atoms with Gasteiger partial charge in [0.25, 0.3) is 0 Å². The van der Waals surface area contributed by atoms with Gasteiger partial charge in [-0.1, -0.05) is 18.2 Å². The van der Waals surface area contributed by atoms with E-state index in [0.29, 0.717) is 12.3 Å². The zero-order valence-corrected chi connectivity index (χ0v) is 8.51. The van der Waals surface area contributed by atoms with Crippen LogP contribution in [-0.2, 0) is 6.54 Å². The maximum atomic E-state index is 5.59. The number of benzene rings is 1. The van der Waals surface area contributed by atoms with Crippen LogP contribution in [0.4, 0.5) is 0 Å². The van der Waals surface area contributed by atoms with Gasteiger partial charge >= 0.3 is 0 Å². The Bertz CT molecular complexity index is 625. The van der Waals surface area contributed by atoms with Crippen molar-refractivity contribution in [3.8, 4) is 11.3 Å². The van der Waals surface area contributed by atoms with Crippen LogP contribution in [0.1, 0.15) is 5.69 Å². The summed E-state index contributed by atoms with van der Waals surface area (Å²) in [4.78, 5) is 4.06. The number of nitrogens with zero attached hydrogens (tertiary/aromatic N) is 1. The molecule has 4 nitrogen and oxygen atoms in total. The minimum absolute atomic E-state index is 0.353. The second kappa shape index (κ2) is 3.50. The largest absolute Gasteiger partial charge is 0.464 e. The molecular weight excluding hydrogens is 204 g/mol. The number of oxazole rings is 1. The van der Waals surface area contributed by atoms with Gasteiger partial charge in [-0.3, -0.25) is 0 Å². The number of fused-ring (bicyclic) bond motifs is 1. The molecule has 1 aromatic carbocycles. The number of para-hydroxylation sites is 1. The van der Waals surface area contributed by atoms with Crippen molar-refractivity contribution < 1.29 is 8.83 Å². The summed E-state index contributed by atoms with van der Waals surface area (Å²) >= 11 is 0. The van der Waals surface area contributed by atoms with Crippen LogP contribution in [0.2, 0.25) is 0 Å². The van der Waals surface area contributed by atoms with Crippen LogP contribution in [0.3, 0.4) is 0 Å². The van der Waals surface area contributed by atoms with Gasteiger partial charge in [-0.2, -0.15) is 0 Å². The maximum absolute atomic E-state index is 5.59. The van der Waals surface area contributed by atoms with Gasteiger partial charge in [0.05, 0.1) is 5.56 Å². The van der Waals surface area contributed by atoms with E-state index in [1.54, 1.807) is 6.26 Å². The van der Waals surface area contributed by atoms with Crippen LogP contribution in [0.25, 0.3) is 22.3 Å². The fraction of sp³-hybridized carbons (Fsp3) is 0.0833. The Labute approximate surface area is 91.7 Å². The molecule has 80 valence electrons. The highest BCUT2D eigenvalue weighted by molar-refractivity contribution is 5.92. The Morgan fingerprint density at radius 1 is 1.19 bits per heavy atom. The van der Waals surface area contributed by atoms with Gasteiger partial charge in [0.15, 0.2) is 12.2 Å². The van der Waals surface area contributed by atoms with Crippen molar-refractivity contribution in [2.24, 2.45) is 5.73 Å². The zero-order valence-electron chi connectivity index (χ0n) is 8.51. The normalized spacial score (nSPS) is 11.1. The monoisotopic (exact) mass is 214 g/mol. The second-order valence-electron chi connectivity index (χ2n) is 3.48. The summed E-state index contributed by atoms with van der Waals surface area (Å²) in [5.74, 6) is 0.687. The predicted molar refractivity (Wildman–Crippen MR) is 59.6 cm³/mol. The minimum Gasteiger partial charge on any atom is -0.464 e. The van der Waals surface area contributed by atoms with Gasteiger partial charge in [0.2, 0.25) is 0 Å². The van der Waals surface area contributed by atoms with Gasteiger partial charge in [-0.25, -0.2) is 4.98 Å².